The maximum atomic E-state index is 10.8. The number of aryl methyl sites for hydroxylation is 1. The molecular weight excluding hydrogens is 232 g/mol. The van der Waals surface area contributed by atoms with Crippen LogP contribution in [0.25, 0.3) is 11.0 Å². The fourth-order valence-electron chi connectivity index (χ4n) is 1.57. The lowest BCUT2D eigenvalue weighted by Crippen LogP contribution is -2.11. The molecule has 0 fully saturated rings. The second kappa shape index (κ2) is 3.58. The van der Waals surface area contributed by atoms with E-state index in [2.05, 4.69) is 0 Å². The first-order valence-corrected chi connectivity index (χ1v) is 6.03. The molecule has 0 spiro atoms. The van der Waals surface area contributed by atoms with Crippen molar-refractivity contribution in [3.63, 3.8) is 0 Å². The van der Waals surface area contributed by atoms with Crippen molar-refractivity contribution in [1.82, 2.24) is 0 Å². The number of benzene rings is 1. The number of hydrogen-bond acceptors (Lipinski definition) is 4. The minimum atomic E-state index is -4.54. The zero-order valence-corrected chi connectivity index (χ0v) is 9.23. The zero-order chi connectivity index (χ0) is 11.9. The molecule has 0 aliphatic heterocycles. The summed E-state index contributed by atoms with van der Waals surface area (Å²) in [7, 11) is -4.54. The van der Waals surface area contributed by atoms with Crippen molar-refractivity contribution >= 4 is 21.1 Å². The molecule has 0 aliphatic carbocycles. The van der Waals surface area contributed by atoms with E-state index in [0.29, 0.717) is 11.1 Å². The number of aliphatic hydroxyl groups is 1. The number of fused-ring (bicyclic) bond motifs is 1. The van der Waals surface area contributed by atoms with Gasteiger partial charge in [-0.1, -0.05) is 18.2 Å². The van der Waals surface area contributed by atoms with Crippen molar-refractivity contribution < 1.29 is 22.5 Å². The van der Waals surface area contributed by atoms with Crippen molar-refractivity contribution in [2.75, 3.05) is 0 Å². The van der Waals surface area contributed by atoms with Gasteiger partial charge >= 0.3 is 0 Å². The van der Waals surface area contributed by atoms with E-state index < -0.39 is 15.6 Å². The number of furan rings is 1. The Hall–Kier alpha value is -1.37. The Morgan fingerprint density at radius 1 is 1.38 bits per heavy atom. The third-order valence-electron chi connectivity index (χ3n) is 2.25. The quantitative estimate of drug-likeness (QED) is 0.781. The van der Waals surface area contributed by atoms with Crippen LogP contribution in [0.2, 0.25) is 0 Å². The van der Waals surface area contributed by atoms with Crippen LogP contribution in [0.5, 0.6) is 0 Å². The Bertz CT molecular complexity index is 626. The van der Waals surface area contributed by atoms with Crippen molar-refractivity contribution in [1.29, 1.82) is 0 Å². The van der Waals surface area contributed by atoms with Crippen LogP contribution in [0.3, 0.4) is 0 Å². The van der Waals surface area contributed by atoms with Gasteiger partial charge < -0.3 is 9.52 Å². The molecule has 5 nitrogen and oxygen atoms in total. The maximum absolute atomic E-state index is 10.8. The lowest BCUT2D eigenvalue weighted by atomic mass is 10.1. The predicted octanol–water partition coefficient (Wildman–Crippen LogP) is 1.62. The van der Waals surface area contributed by atoms with E-state index in [4.69, 9.17) is 8.97 Å². The van der Waals surface area contributed by atoms with Gasteiger partial charge in [0.25, 0.3) is 10.1 Å². The number of para-hydroxylation sites is 1. The van der Waals surface area contributed by atoms with Crippen molar-refractivity contribution in [3.05, 3.63) is 35.6 Å². The summed E-state index contributed by atoms with van der Waals surface area (Å²) < 4.78 is 35.8. The molecule has 0 radical (unpaired) electrons. The van der Waals surface area contributed by atoms with E-state index in [1.165, 1.54) is 6.07 Å². The van der Waals surface area contributed by atoms with E-state index in [9.17, 15) is 13.5 Å². The lowest BCUT2D eigenvalue weighted by molar-refractivity contribution is 0.238. The normalized spacial score (nSPS) is 14.2. The fourth-order valence-corrected chi connectivity index (χ4v) is 2.08. The van der Waals surface area contributed by atoms with Gasteiger partial charge in [-0.05, 0) is 13.0 Å². The van der Waals surface area contributed by atoms with E-state index >= 15 is 0 Å². The lowest BCUT2D eigenvalue weighted by Gasteiger charge is -2.07. The first-order valence-electron chi connectivity index (χ1n) is 4.53. The molecule has 86 valence electrons. The molecule has 2 rings (SSSR count). The Morgan fingerprint density at radius 3 is 2.69 bits per heavy atom. The van der Waals surface area contributed by atoms with Gasteiger partial charge in [0.15, 0.2) is 0 Å². The third-order valence-corrected chi connectivity index (χ3v) is 3.06. The molecule has 0 saturated heterocycles. The first kappa shape index (κ1) is 11.1. The van der Waals surface area contributed by atoms with E-state index in [-0.39, 0.29) is 11.1 Å². The van der Waals surface area contributed by atoms with Crippen LogP contribution in [-0.2, 0) is 10.1 Å². The number of aliphatic hydroxyl groups excluding tert-OH is 1. The van der Waals surface area contributed by atoms with Gasteiger partial charge in [-0.15, -0.1) is 0 Å². The summed E-state index contributed by atoms with van der Waals surface area (Å²) in [5, 5.41) is 10.1. The van der Waals surface area contributed by atoms with E-state index in [1.54, 1.807) is 25.1 Å². The molecular formula is C10H10O5S. The first-order chi connectivity index (χ1) is 7.39. The smallest absolute Gasteiger partial charge is 0.296 e. The molecule has 0 saturated carbocycles. The summed E-state index contributed by atoms with van der Waals surface area (Å²) in [6, 6.07) is 6.42. The summed E-state index contributed by atoms with van der Waals surface area (Å²) in [5.41, 5.74) is -1.68. The van der Waals surface area contributed by atoms with Gasteiger partial charge in [-0.2, -0.15) is 8.42 Å². The zero-order valence-electron chi connectivity index (χ0n) is 8.41. The molecule has 1 aromatic carbocycles. The van der Waals surface area contributed by atoms with Crippen LogP contribution in [-0.4, -0.2) is 18.1 Å². The molecule has 16 heavy (non-hydrogen) atoms. The topological polar surface area (TPSA) is 87.7 Å². The second-order valence-electron chi connectivity index (χ2n) is 3.49. The highest BCUT2D eigenvalue weighted by Crippen LogP contribution is 2.29. The highest BCUT2D eigenvalue weighted by molar-refractivity contribution is 7.85. The Kier molecular flexibility index (Phi) is 2.49. The molecule has 1 unspecified atom stereocenters. The van der Waals surface area contributed by atoms with Crippen LogP contribution < -0.4 is 0 Å². The molecule has 1 atom stereocenters. The van der Waals surface area contributed by atoms with E-state index in [0.717, 1.165) is 0 Å². The molecule has 0 amide bonds. The summed E-state index contributed by atoms with van der Waals surface area (Å²) in [6.45, 7) is 1.71. The third kappa shape index (κ3) is 1.82. The Morgan fingerprint density at radius 2 is 2.06 bits per heavy atom. The number of rotatable bonds is 2. The van der Waals surface area contributed by atoms with Crippen molar-refractivity contribution in [2.45, 2.75) is 12.4 Å². The Balaban J connectivity index is 2.69. The fraction of sp³-hybridized carbons (Fsp3) is 0.200. The van der Waals surface area contributed by atoms with Crippen LogP contribution >= 0.6 is 0 Å². The van der Waals surface area contributed by atoms with Crippen molar-refractivity contribution in [2.24, 2.45) is 0 Å². The van der Waals surface area contributed by atoms with Crippen LogP contribution in [0.4, 0.5) is 0 Å². The van der Waals surface area contributed by atoms with Gasteiger partial charge in [-0.25, -0.2) is 0 Å². The van der Waals surface area contributed by atoms with Gasteiger partial charge in [-0.3, -0.25) is 4.55 Å². The average molecular weight is 242 g/mol. The highest BCUT2D eigenvalue weighted by Gasteiger charge is 2.25. The monoisotopic (exact) mass is 242 g/mol. The molecule has 0 aliphatic rings. The molecule has 6 heteroatoms. The SMILES string of the molecule is Cc1cc2cccc(C(O)S(=O)(=O)O)c2o1. The summed E-state index contributed by atoms with van der Waals surface area (Å²) >= 11 is 0. The van der Waals surface area contributed by atoms with Crippen molar-refractivity contribution in [3.8, 4) is 0 Å². The van der Waals surface area contributed by atoms with Gasteiger partial charge in [0.1, 0.15) is 11.3 Å². The molecule has 1 heterocycles. The number of hydrogen-bond donors (Lipinski definition) is 2. The molecule has 1 aromatic heterocycles. The molecule has 2 aromatic rings. The minimum absolute atomic E-state index is 0.0353. The van der Waals surface area contributed by atoms with Crippen LogP contribution in [0.1, 0.15) is 16.8 Å². The maximum Gasteiger partial charge on any atom is 0.296 e. The second-order valence-corrected chi connectivity index (χ2v) is 4.97. The minimum Gasteiger partial charge on any atom is -0.461 e. The van der Waals surface area contributed by atoms with Gasteiger partial charge in [0, 0.05) is 10.9 Å². The van der Waals surface area contributed by atoms with Gasteiger partial charge in [0.2, 0.25) is 5.44 Å². The Labute approximate surface area is 92.1 Å². The van der Waals surface area contributed by atoms with Gasteiger partial charge in [0.05, 0.1) is 0 Å². The molecule has 2 N–H and O–H groups in total. The van der Waals surface area contributed by atoms with Crippen LogP contribution in [0.15, 0.2) is 28.7 Å². The highest BCUT2D eigenvalue weighted by atomic mass is 32.2. The van der Waals surface area contributed by atoms with E-state index in [1.807, 2.05) is 0 Å². The average Bonchev–Trinajstić information content (AvgIpc) is 2.54. The van der Waals surface area contributed by atoms with Crippen LogP contribution in [0, 0.1) is 6.92 Å². The largest absolute Gasteiger partial charge is 0.461 e. The summed E-state index contributed by atoms with van der Waals surface area (Å²) in [5.74, 6) is 0.602. The standard InChI is InChI=1S/C10H10O5S/c1-6-5-7-3-2-4-8(9(7)15-6)10(11)16(12,13)14/h2-5,10-11H,1H3,(H,12,13,14). The summed E-state index contributed by atoms with van der Waals surface area (Å²) in [4.78, 5) is 0. The predicted molar refractivity (Wildman–Crippen MR) is 57.5 cm³/mol. The molecule has 0 bridgehead atoms. The summed E-state index contributed by atoms with van der Waals surface area (Å²) in [6.07, 6.45) is 0.